The fourth-order valence-corrected chi connectivity index (χ4v) is 0.829. The lowest BCUT2D eigenvalue weighted by Gasteiger charge is -1.90. The Morgan fingerprint density at radius 3 is 3.00 bits per heavy atom. The molecule has 0 aromatic carbocycles. The quantitative estimate of drug-likeness (QED) is 0.610. The first-order valence-electron chi connectivity index (χ1n) is 3.19. The predicted molar refractivity (Wildman–Crippen MR) is 38.6 cm³/mol. The zero-order valence-corrected chi connectivity index (χ0v) is 5.69. The molecule has 0 amide bonds. The topological polar surface area (TPSA) is 38.9 Å². The van der Waals surface area contributed by atoms with Gasteiger partial charge in [-0.05, 0) is 12.1 Å². The van der Waals surface area contributed by atoms with Crippen molar-refractivity contribution in [1.29, 1.82) is 0 Å². The van der Waals surface area contributed by atoms with E-state index in [1.54, 1.807) is 18.6 Å². The lowest BCUT2D eigenvalue weighted by atomic mass is 10.2. The molecule has 0 bridgehead atoms. The maximum absolute atomic E-state index is 4.94. The van der Waals surface area contributed by atoms with E-state index in [4.69, 9.17) is 4.42 Å². The van der Waals surface area contributed by atoms with Gasteiger partial charge in [0.2, 0.25) is 0 Å². The summed E-state index contributed by atoms with van der Waals surface area (Å²) in [4.78, 5) is 7.62. The Morgan fingerprint density at radius 2 is 2.36 bits per heavy atom. The standard InChI is InChI=1S/C8H5N2O/c1-2-7(4-9-3-1)8-5-10-6-11-8/h1-5H. The van der Waals surface area contributed by atoms with Gasteiger partial charge in [0.15, 0.2) is 5.76 Å². The van der Waals surface area contributed by atoms with E-state index < -0.39 is 0 Å². The van der Waals surface area contributed by atoms with Crippen molar-refractivity contribution in [3.8, 4) is 11.3 Å². The molecule has 0 atom stereocenters. The highest BCUT2D eigenvalue weighted by Gasteiger charge is 1.98. The average Bonchev–Trinajstić information content (AvgIpc) is 2.58. The first-order valence-corrected chi connectivity index (χ1v) is 3.19. The van der Waals surface area contributed by atoms with Crippen molar-refractivity contribution in [2.75, 3.05) is 0 Å². The normalized spacial score (nSPS) is 9.82. The molecule has 0 aliphatic heterocycles. The monoisotopic (exact) mass is 145 g/mol. The van der Waals surface area contributed by atoms with Crippen LogP contribution >= 0.6 is 0 Å². The molecular weight excluding hydrogens is 140 g/mol. The number of oxazole rings is 1. The highest BCUT2D eigenvalue weighted by molar-refractivity contribution is 5.53. The van der Waals surface area contributed by atoms with Crippen LogP contribution in [-0.2, 0) is 0 Å². The largest absolute Gasteiger partial charge is 0.432 e. The van der Waals surface area contributed by atoms with Gasteiger partial charge in [-0.3, -0.25) is 4.98 Å². The maximum atomic E-state index is 4.94. The van der Waals surface area contributed by atoms with Crippen molar-refractivity contribution in [2.24, 2.45) is 0 Å². The minimum atomic E-state index is 0.693. The van der Waals surface area contributed by atoms with E-state index in [0.29, 0.717) is 5.76 Å². The van der Waals surface area contributed by atoms with Crippen LogP contribution in [0.5, 0.6) is 0 Å². The third-order valence-electron chi connectivity index (χ3n) is 1.34. The number of nitrogens with zero attached hydrogens (tertiary/aromatic N) is 2. The van der Waals surface area contributed by atoms with Crippen LogP contribution in [0.1, 0.15) is 0 Å². The lowest BCUT2D eigenvalue weighted by Crippen LogP contribution is -1.73. The maximum Gasteiger partial charge on any atom is 0.284 e. The molecule has 53 valence electrons. The highest BCUT2D eigenvalue weighted by atomic mass is 16.3. The molecule has 2 aromatic heterocycles. The van der Waals surface area contributed by atoms with Crippen molar-refractivity contribution in [3.63, 3.8) is 0 Å². The first kappa shape index (κ1) is 6.09. The van der Waals surface area contributed by atoms with Gasteiger partial charge in [-0.25, -0.2) is 4.98 Å². The van der Waals surface area contributed by atoms with Crippen molar-refractivity contribution < 1.29 is 4.42 Å². The van der Waals surface area contributed by atoms with Crippen LogP contribution in [0.25, 0.3) is 11.3 Å². The molecule has 0 aliphatic rings. The number of pyridine rings is 1. The SMILES string of the molecule is [c]1ncc(-c2cccnc2)o1. The van der Waals surface area contributed by atoms with Gasteiger partial charge in [0, 0.05) is 18.0 Å². The van der Waals surface area contributed by atoms with Gasteiger partial charge in [0.05, 0.1) is 6.20 Å². The summed E-state index contributed by atoms with van der Waals surface area (Å²) in [5.41, 5.74) is 0.918. The van der Waals surface area contributed by atoms with Crippen molar-refractivity contribution in [1.82, 2.24) is 9.97 Å². The van der Waals surface area contributed by atoms with Crippen molar-refractivity contribution >= 4 is 0 Å². The molecule has 0 spiro atoms. The van der Waals surface area contributed by atoms with Crippen LogP contribution in [0.2, 0.25) is 0 Å². The van der Waals surface area contributed by atoms with Gasteiger partial charge in [-0.1, -0.05) is 0 Å². The Kier molecular flexibility index (Phi) is 1.41. The molecule has 0 aliphatic carbocycles. The highest BCUT2D eigenvalue weighted by Crippen LogP contribution is 2.15. The number of hydrogen-bond acceptors (Lipinski definition) is 3. The van der Waals surface area contributed by atoms with Gasteiger partial charge >= 0.3 is 0 Å². The third-order valence-corrected chi connectivity index (χ3v) is 1.34. The molecule has 2 heterocycles. The van der Waals surface area contributed by atoms with E-state index in [2.05, 4.69) is 16.4 Å². The summed E-state index contributed by atoms with van der Waals surface area (Å²) in [7, 11) is 0. The minimum Gasteiger partial charge on any atom is -0.432 e. The van der Waals surface area contributed by atoms with E-state index in [1.807, 2.05) is 12.1 Å². The van der Waals surface area contributed by atoms with E-state index in [-0.39, 0.29) is 0 Å². The summed E-state index contributed by atoms with van der Waals surface area (Å²) in [6.07, 6.45) is 7.41. The van der Waals surface area contributed by atoms with Crippen LogP contribution in [0.3, 0.4) is 0 Å². The fourth-order valence-electron chi connectivity index (χ4n) is 0.829. The Hall–Kier alpha value is -1.64. The third kappa shape index (κ3) is 1.12. The number of aromatic nitrogens is 2. The Morgan fingerprint density at radius 1 is 1.36 bits per heavy atom. The smallest absolute Gasteiger partial charge is 0.284 e. The van der Waals surface area contributed by atoms with Crippen molar-refractivity contribution in [3.05, 3.63) is 37.1 Å². The molecule has 0 saturated heterocycles. The molecule has 0 saturated carbocycles. The van der Waals surface area contributed by atoms with Gasteiger partial charge < -0.3 is 4.42 Å². The second-order valence-corrected chi connectivity index (χ2v) is 2.06. The summed E-state index contributed by atoms with van der Waals surface area (Å²) < 4.78 is 4.94. The Labute approximate surface area is 63.7 Å². The van der Waals surface area contributed by atoms with Crippen LogP contribution < -0.4 is 0 Å². The average molecular weight is 145 g/mol. The Bertz CT molecular complexity index is 315. The van der Waals surface area contributed by atoms with Crippen molar-refractivity contribution in [2.45, 2.75) is 0 Å². The van der Waals surface area contributed by atoms with Gasteiger partial charge in [-0.2, -0.15) is 0 Å². The van der Waals surface area contributed by atoms with Crippen LogP contribution in [0.4, 0.5) is 0 Å². The Balaban J connectivity index is 2.46. The molecule has 0 fully saturated rings. The molecule has 2 aromatic rings. The summed E-state index contributed by atoms with van der Waals surface area (Å²) in [6.45, 7) is 0. The molecule has 3 heteroatoms. The van der Waals surface area contributed by atoms with Gasteiger partial charge in [-0.15, -0.1) is 0 Å². The van der Waals surface area contributed by atoms with E-state index in [0.717, 1.165) is 5.56 Å². The molecule has 1 radical (unpaired) electrons. The first-order chi connectivity index (χ1) is 5.47. The molecule has 2 rings (SSSR count). The summed E-state index contributed by atoms with van der Waals surface area (Å²) in [5.74, 6) is 0.693. The van der Waals surface area contributed by atoms with E-state index in [9.17, 15) is 0 Å². The molecular formula is C8H5N2O. The van der Waals surface area contributed by atoms with Gasteiger partial charge in [0.1, 0.15) is 0 Å². The van der Waals surface area contributed by atoms with Crippen LogP contribution in [0, 0.1) is 6.39 Å². The van der Waals surface area contributed by atoms with E-state index in [1.165, 1.54) is 0 Å². The second-order valence-electron chi connectivity index (χ2n) is 2.06. The molecule has 11 heavy (non-hydrogen) atoms. The fraction of sp³-hybridized carbons (Fsp3) is 0. The zero-order chi connectivity index (χ0) is 7.52. The summed E-state index contributed by atoms with van der Waals surface area (Å²) in [5, 5.41) is 0. The molecule has 3 nitrogen and oxygen atoms in total. The summed E-state index contributed by atoms with van der Waals surface area (Å²) >= 11 is 0. The lowest BCUT2D eigenvalue weighted by molar-refractivity contribution is 0.561. The predicted octanol–water partition coefficient (Wildman–Crippen LogP) is 1.54. The van der Waals surface area contributed by atoms with Crippen LogP contribution in [0.15, 0.2) is 35.1 Å². The van der Waals surface area contributed by atoms with Gasteiger partial charge in [0.25, 0.3) is 6.39 Å². The molecule has 0 unspecified atom stereocenters. The second kappa shape index (κ2) is 2.54. The van der Waals surface area contributed by atoms with E-state index >= 15 is 0 Å². The minimum absolute atomic E-state index is 0.693. The zero-order valence-electron chi connectivity index (χ0n) is 5.69. The van der Waals surface area contributed by atoms with Crippen LogP contribution in [-0.4, -0.2) is 9.97 Å². The summed E-state index contributed by atoms with van der Waals surface area (Å²) in [6, 6.07) is 3.75. The molecule has 0 N–H and O–H groups in total. The number of hydrogen-bond donors (Lipinski definition) is 0. The number of rotatable bonds is 1.